The first kappa shape index (κ1) is 15.1. The highest BCUT2D eigenvalue weighted by Gasteiger charge is 2.38. The Bertz CT molecular complexity index is 689. The molecule has 0 spiro atoms. The van der Waals surface area contributed by atoms with Crippen LogP contribution in [0.3, 0.4) is 0 Å². The third-order valence-corrected chi connectivity index (χ3v) is 5.37. The van der Waals surface area contributed by atoms with Crippen LogP contribution < -0.4 is 5.73 Å². The molecule has 1 saturated carbocycles. The van der Waals surface area contributed by atoms with Crippen molar-refractivity contribution in [3.63, 3.8) is 0 Å². The summed E-state index contributed by atoms with van der Waals surface area (Å²) in [5.74, 6) is 2.61. The zero-order valence-corrected chi connectivity index (χ0v) is 13.7. The maximum atomic E-state index is 6.28. The Hall–Kier alpha value is -1.43. The molecule has 1 aromatic carbocycles. The molecule has 2 aliphatic rings. The Morgan fingerprint density at radius 2 is 2.22 bits per heavy atom. The monoisotopic (exact) mass is 332 g/mol. The first-order chi connectivity index (χ1) is 11.2. The van der Waals surface area contributed by atoms with E-state index in [-0.39, 0.29) is 0 Å². The van der Waals surface area contributed by atoms with Gasteiger partial charge in [0.1, 0.15) is 0 Å². The standard InChI is InChI=1S/C17H21ClN4O/c18-13-5-1-3-11(7-13)17-20-16(23-21-17)10-22-8-12-4-2-6-15(19)14(12)9-22/h1,3,5,7,12,14-15H,2,4,6,8-10,19H2. The van der Waals surface area contributed by atoms with Crippen LogP contribution in [0.15, 0.2) is 28.8 Å². The lowest BCUT2D eigenvalue weighted by atomic mass is 9.78. The fraction of sp³-hybridized carbons (Fsp3) is 0.529. The highest BCUT2D eigenvalue weighted by atomic mass is 35.5. The van der Waals surface area contributed by atoms with Gasteiger partial charge in [0.05, 0.1) is 6.54 Å². The van der Waals surface area contributed by atoms with E-state index in [2.05, 4.69) is 15.0 Å². The molecule has 1 aliphatic heterocycles. The minimum Gasteiger partial charge on any atom is -0.338 e. The van der Waals surface area contributed by atoms with Gasteiger partial charge in [0.25, 0.3) is 0 Å². The number of halogens is 1. The molecule has 0 amide bonds. The van der Waals surface area contributed by atoms with E-state index < -0.39 is 0 Å². The quantitative estimate of drug-likeness (QED) is 0.936. The minimum absolute atomic E-state index is 0.350. The van der Waals surface area contributed by atoms with Gasteiger partial charge in [-0.05, 0) is 36.8 Å². The van der Waals surface area contributed by atoms with Gasteiger partial charge in [-0.1, -0.05) is 35.3 Å². The van der Waals surface area contributed by atoms with E-state index in [9.17, 15) is 0 Å². The lowest BCUT2D eigenvalue weighted by Gasteiger charge is -2.29. The average molecular weight is 333 g/mol. The molecule has 0 bridgehead atoms. The second-order valence-corrected chi connectivity index (χ2v) is 7.17. The normalized spacial score (nSPS) is 28.0. The van der Waals surface area contributed by atoms with Crippen LogP contribution in [0.2, 0.25) is 5.02 Å². The first-order valence-electron chi connectivity index (χ1n) is 8.25. The van der Waals surface area contributed by atoms with E-state index in [1.807, 2.05) is 24.3 Å². The smallest absolute Gasteiger partial charge is 0.241 e. The molecule has 1 aliphatic carbocycles. The van der Waals surface area contributed by atoms with Crippen molar-refractivity contribution in [2.75, 3.05) is 13.1 Å². The molecule has 3 unspecified atom stereocenters. The van der Waals surface area contributed by atoms with Crippen molar-refractivity contribution >= 4 is 11.6 Å². The average Bonchev–Trinajstić information content (AvgIpc) is 3.15. The van der Waals surface area contributed by atoms with Crippen LogP contribution in [0.25, 0.3) is 11.4 Å². The maximum Gasteiger partial charge on any atom is 0.241 e. The summed E-state index contributed by atoms with van der Waals surface area (Å²) in [6.45, 7) is 2.83. The first-order valence-corrected chi connectivity index (χ1v) is 8.63. The number of benzene rings is 1. The molecular weight excluding hydrogens is 312 g/mol. The van der Waals surface area contributed by atoms with Gasteiger partial charge in [-0.3, -0.25) is 4.90 Å². The van der Waals surface area contributed by atoms with Gasteiger partial charge >= 0.3 is 0 Å². The molecule has 2 aromatic rings. The SMILES string of the molecule is NC1CCCC2CN(Cc3nc(-c4cccc(Cl)c4)no3)CC12. The molecular formula is C17H21ClN4O. The number of nitrogens with two attached hydrogens (primary N) is 1. The van der Waals surface area contributed by atoms with E-state index >= 15 is 0 Å². The summed E-state index contributed by atoms with van der Waals surface area (Å²) in [4.78, 5) is 6.91. The summed E-state index contributed by atoms with van der Waals surface area (Å²) in [6.07, 6.45) is 3.72. The van der Waals surface area contributed by atoms with Gasteiger partial charge in [-0.2, -0.15) is 4.98 Å². The number of fused-ring (bicyclic) bond motifs is 1. The van der Waals surface area contributed by atoms with Crippen LogP contribution in [-0.2, 0) is 6.54 Å². The summed E-state index contributed by atoms with van der Waals surface area (Å²) in [7, 11) is 0. The molecule has 2 N–H and O–H groups in total. The van der Waals surface area contributed by atoms with Crippen LogP contribution >= 0.6 is 11.6 Å². The maximum absolute atomic E-state index is 6.28. The summed E-state index contributed by atoms with van der Waals surface area (Å²) in [5, 5.41) is 4.75. The summed E-state index contributed by atoms with van der Waals surface area (Å²) < 4.78 is 5.42. The molecule has 2 fully saturated rings. The molecule has 2 heterocycles. The van der Waals surface area contributed by atoms with E-state index in [1.54, 1.807) is 0 Å². The molecule has 5 nitrogen and oxygen atoms in total. The third kappa shape index (κ3) is 3.13. The van der Waals surface area contributed by atoms with Crippen molar-refractivity contribution in [1.29, 1.82) is 0 Å². The summed E-state index contributed by atoms with van der Waals surface area (Å²) in [5.41, 5.74) is 7.16. The predicted octanol–water partition coefficient (Wildman–Crippen LogP) is 2.95. The zero-order valence-electron chi connectivity index (χ0n) is 13.0. The Balaban J connectivity index is 1.44. The van der Waals surface area contributed by atoms with Gasteiger partial charge in [0.2, 0.25) is 11.7 Å². The van der Waals surface area contributed by atoms with E-state index in [1.165, 1.54) is 12.8 Å². The molecule has 6 heteroatoms. The highest BCUT2D eigenvalue weighted by Crippen LogP contribution is 2.36. The fourth-order valence-electron chi connectivity index (χ4n) is 3.99. The van der Waals surface area contributed by atoms with Crippen molar-refractivity contribution in [2.45, 2.75) is 31.8 Å². The third-order valence-electron chi connectivity index (χ3n) is 5.14. The second kappa shape index (κ2) is 6.23. The van der Waals surface area contributed by atoms with Crippen LogP contribution in [0.1, 0.15) is 25.2 Å². The minimum atomic E-state index is 0.350. The number of nitrogens with zero attached hydrogens (tertiary/aromatic N) is 3. The van der Waals surface area contributed by atoms with Crippen LogP contribution in [-0.4, -0.2) is 34.2 Å². The Labute approximate surface area is 140 Å². The molecule has 23 heavy (non-hydrogen) atoms. The van der Waals surface area contributed by atoms with Crippen molar-refractivity contribution in [2.24, 2.45) is 17.6 Å². The topological polar surface area (TPSA) is 68.2 Å². The van der Waals surface area contributed by atoms with Gasteiger partial charge in [0, 0.05) is 29.7 Å². The van der Waals surface area contributed by atoms with Gasteiger partial charge in [-0.25, -0.2) is 0 Å². The lowest BCUT2D eigenvalue weighted by Crippen LogP contribution is -2.38. The number of likely N-dealkylation sites (tertiary alicyclic amines) is 1. The van der Waals surface area contributed by atoms with Gasteiger partial charge in [0.15, 0.2) is 0 Å². The largest absolute Gasteiger partial charge is 0.338 e. The number of aromatic nitrogens is 2. The summed E-state index contributed by atoms with van der Waals surface area (Å²) >= 11 is 6.02. The molecule has 0 radical (unpaired) electrons. The van der Waals surface area contributed by atoms with Crippen molar-refractivity contribution in [3.05, 3.63) is 35.2 Å². The van der Waals surface area contributed by atoms with Crippen LogP contribution in [0, 0.1) is 11.8 Å². The van der Waals surface area contributed by atoms with E-state index in [0.29, 0.717) is 35.2 Å². The predicted molar refractivity (Wildman–Crippen MR) is 88.8 cm³/mol. The summed E-state index contributed by atoms with van der Waals surface area (Å²) in [6, 6.07) is 7.86. The Kier molecular flexibility index (Phi) is 4.09. The Morgan fingerprint density at radius 3 is 3.04 bits per heavy atom. The lowest BCUT2D eigenvalue weighted by molar-refractivity contribution is 0.252. The number of hydrogen-bond acceptors (Lipinski definition) is 5. The fourth-order valence-corrected chi connectivity index (χ4v) is 4.18. The molecule has 122 valence electrons. The second-order valence-electron chi connectivity index (χ2n) is 6.73. The number of hydrogen-bond donors (Lipinski definition) is 1. The molecule has 3 atom stereocenters. The highest BCUT2D eigenvalue weighted by molar-refractivity contribution is 6.30. The molecule has 1 saturated heterocycles. The Morgan fingerprint density at radius 1 is 1.30 bits per heavy atom. The van der Waals surface area contributed by atoms with Crippen molar-refractivity contribution < 1.29 is 4.52 Å². The van der Waals surface area contributed by atoms with E-state index in [4.69, 9.17) is 21.9 Å². The zero-order chi connectivity index (χ0) is 15.8. The van der Waals surface area contributed by atoms with Crippen molar-refractivity contribution in [1.82, 2.24) is 15.0 Å². The van der Waals surface area contributed by atoms with Gasteiger partial charge in [-0.15, -0.1) is 0 Å². The van der Waals surface area contributed by atoms with E-state index in [0.717, 1.165) is 31.0 Å². The number of rotatable bonds is 3. The van der Waals surface area contributed by atoms with Crippen molar-refractivity contribution in [3.8, 4) is 11.4 Å². The molecule has 4 rings (SSSR count). The van der Waals surface area contributed by atoms with Gasteiger partial charge < -0.3 is 10.3 Å². The molecule has 1 aromatic heterocycles. The van der Waals surface area contributed by atoms with Crippen LogP contribution in [0.5, 0.6) is 0 Å². The van der Waals surface area contributed by atoms with Crippen LogP contribution in [0.4, 0.5) is 0 Å².